The number of rotatable bonds is 3. The molecule has 1 aromatic carbocycles. The lowest BCUT2D eigenvalue weighted by atomic mass is 10.1. The van der Waals surface area contributed by atoms with Gasteiger partial charge in [-0.3, -0.25) is 14.4 Å². The molecule has 0 fully saturated rings. The van der Waals surface area contributed by atoms with Crippen molar-refractivity contribution in [2.45, 2.75) is 25.9 Å². The number of hydrogen-bond acceptors (Lipinski definition) is 4. The number of nitrogens with one attached hydrogen (secondary N) is 2. The van der Waals surface area contributed by atoms with Crippen molar-refractivity contribution in [1.82, 2.24) is 9.97 Å². The number of benzene rings is 1. The average Bonchev–Trinajstić information content (AvgIpc) is 2.58. The van der Waals surface area contributed by atoms with Crippen LogP contribution in [0.25, 0.3) is 0 Å². The summed E-state index contributed by atoms with van der Waals surface area (Å²) in [5.41, 5.74) is -1.94. The van der Waals surface area contributed by atoms with Crippen LogP contribution in [0.2, 0.25) is 0 Å². The van der Waals surface area contributed by atoms with Crippen LogP contribution in [0.1, 0.15) is 23.5 Å². The van der Waals surface area contributed by atoms with Crippen LogP contribution < -0.4 is 15.8 Å². The van der Waals surface area contributed by atoms with Crippen LogP contribution >= 0.6 is 0 Å². The lowest BCUT2D eigenvalue weighted by molar-refractivity contribution is -0.142. The summed E-state index contributed by atoms with van der Waals surface area (Å²) in [5, 5.41) is 2.62. The quantitative estimate of drug-likeness (QED) is 0.852. The van der Waals surface area contributed by atoms with E-state index in [1.807, 2.05) is 0 Å². The molecule has 0 saturated carbocycles. The van der Waals surface area contributed by atoms with E-state index < -0.39 is 41.2 Å². The number of para-hydroxylation sites is 2. The molecule has 0 spiro atoms. The molecule has 2 amide bonds. The zero-order valence-electron chi connectivity index (χ0n) is 14.2. The number of anilines is 2. The second-order valence-corrected chi connectivity index (χ2v) is 6.02. The summed E-state index contributed by atoms with van der Waals surface area (Å²) in [4.78, 5) is 43.1. The van der Waals surface area contributed by atoms with Crippen LogP contribution in [0.3, 0.4) is 0 Å². The van der Waals surface area contributed by atoms with Crippen LogP contribution in [0.4, 0.5) is 24.5 Å². The third-order valence-corrected chi connectivity index (χ3v) is 4.06. The van der Waals surface area contributed by atoms with Crippen LogP contribution in [-0.2, 0) is 22.2 Å². The number of nitrogens with zero attached hydrogens (tertiary/aromatic N) is 2. The number of hydrogen-bond donors (Lipinski definition) is 2. The molecule has 0 radical (unpaired) electrons. The van der Waals surface area contributed by atoms with Crippen molar-refractivity contribution in [1.29, 1.82) is 0 Å². The minimum Gasteiger partial charge on any atom is -0.323 e. The van der Waals surface area contributed by atoms with Crippen molar-refractivity contribution in [2.75, 3.05) is 16.8 Å². The van der Waals surface area contributed by atoms with E-state index in [0.717, 1.165) is 0 Å². The summed E-state index contributed by atoms with van der Waals surface area (Å²) in [7, 11) is 0. The van der Waals surface area contributed by atoms with E-state index in [1.54, 1.807) is 24.3 Å². The van der Waals surface area contributed by atoms with Gasteiger partial charge in [-0.2, -0.15) is 13.2 Å². The Morgan fingerprint density at radius 3 is 2.67 bits per heavy atom. The summed E-state index contributed by atoms with van der Waals surface area (Å²) in [6.45, 7) is 0.999. The highest BCUT2D eigenvalue weighted by atomic mass is 19.4. The molecule has 2 heterocycles. The van der Waals surface area contributed by atoms with Gasteiger partial charge in [0.2, 0.25) is 11.8 Å². The van der Waals surface area contributed by atoms with E-state index in [1.165, 1.54) is 11.8 Å². The lowest BCUT2D eigenvalue weighted by Gasteiger charge is -2.29. The lowest BCUT2D eigenvalue weighted by Crippen LogP contribution is -2.42. The van der Waals surface area contributed by atoms with Gasteiger partial charge in [-0.15, -0.1) is 0 Å². The molecule has 0 unspecified atom stereocenters. The zero-order valence-corrected chi connectivity index (χ0v) is 14.2. The number of aromatic nitrogens is 2. The summed E-state index contributed by atoms with van der Waals surface area (Å²) >= 11 is 0. The van der Waals surface area contributed by atoms with Crippen molar-refractivity contribution in [3.63, 3.8) is 0 Å². The number of amides is 2. The minimum absolute atomic E-state index is 0.163. The molecular weight excluding hydrogens is 365 g/mol. The predicted molar refractivity (Wildman–Crippen MR) is 90.3 cm³/mol. The van der Waals surface area contributed by atoms with Crippen molar-refractivity contribution >= 4 is 23.2 Å². The largest absolute Gasteiger partial charge is 0.433 e. The topological polar surface area (TPSA) is 95.2 Å². The van der Waals surface area contributed by atoms with Gasteiger partial charge in [-0.05, 0) is 25.5 Å². The molecule has 0 bridgehead atoms. The SMILES string of the molecule is Cc1nc(C(F)(F)F)c(CCC(=O)N2CC(=O)Nc3ccccc32)c(=O)[nH]1. The Morgan fingerprint density at radius 2 is 1.96 bits per heavy atom. The fourth-order valence-electron chi connectivity index (χ4n) is 2.90. The molecule has 2 aromatic rings. The number of H-pyrrole nitrogens is 1. The maximum absolute atomic E-state index is 13.2. The van der Waals surface area contributed by atoms with Crippen molar-refractivity contribution < 1.29 is 22.8 Å². The maximum atomic E-state index is 13.2. The van der Waals surface area contributed by atoms with Gasteiger partial charge in [0, 0.05) is 12.0 Å². The molecule has 3 rings (SSSR count). The van der Waals surface area contributed by atoms with Crippen molar-refractivity contribution in [2.24, 2.45) is 0 Å². The van der Waals surface area contributed by atoms with Gasteiger partial charge in [0.15, 0.2) is 5.69 Å². The second-order valence-electron chi connectivity index (χ2n) is 6.02. The van der Waals surface area contributed by atoms with E-state index in [4.69, 9.17) is 0 Å². The van der Waals surface area contributed by atoms with E-state index in [0.29, 0.717) is 11.4 Å². The molecule has 1 aromatic heterocycles. The smallest absolute Gasteiger partial charge is 0.323 e. The molecule has 2 N–H and O–H groups in total. The highest BCUT2D eigenvalue weighted by molar-refractivity contribution is 6.09. The Labute approximate surface area is 151 Å². The van der Waals surface area contributed by atoms with Gasteiger partial charge in [0.05, 0.1) is 11.4 Å². The third kappa shape index (κ3) is 3.83. The van der Waals surface area contributed by atoms with Gasteiger partial charge >= 0.3 is 6.18 Å². The summed E-state index contributed by atoms with van der Waals surface area (Å²) < 4.78 is 39.5. The van der Waals surface area contributed by atoms with Crippen molar-refractivity contribution in [3.05, 3.63) is 51.7 Å². The highest BCUT2D eigenvalue weighted by Gasteiger charge is 2.37. The van der Waals surface area contributed by atoms with Gasteiger partial charge in [-0.1, -0.05) is 12.1 Å². The van der Waals surface area contributed by atoms with Crippen molar-refractivity contribution in [3.8, 4) is 0 Å². The molecule has 1 aliphatic rings. The Kier molecular flexibility index (Phi) is 4.73. The normalized spacial score (nSPS) is 13.9. The zero-order chi connectivity index (χ0) is 19.8. The predicted octanol–water partition coefficient (Wildman–Crippen LogP) is 2.02. The first-order valence-corrected chi connectivity index (χ1v) is 8.03. The van der Waals surface area contributed by atoms with Gasteiger partial charge in [-0.25, -0.2) is 4.98 Å². The first kappa shape index (κ1) is 18.6. The Bertz CT molecular complexity index is 969. The molecule has 0 aliphatic carbocycles. The van der Waals surface area contributed by atoms with Crippen LogP contribution in [0, 0.1) is 6.92 Å². The number of fused-ring (bicyclic) bond motifs is 1. The first-order valence-electron chi connectivity index (χ1n) is 8.03. The number of carbonyl (C=O) groups is 2. The Morgan fingerprint density at radius 1 is 1.26 bits per heavy atom. The number of aryl methyl sites for hydroxylation is 1. The summed E-state index contributed by atoms with van der Waals surface area (Å²) in [5.74, 6) is -1.14. The second kappa shape index (κ2) is 6.86. The van der Waals surface area contributed by atoms with E-state index in [2.05, 4.69) is 15.3 Å². The van der Waals surface area contributed by atoms with Gasteiger partial charge in [0.25, 0.3) is 5.56 Å². The summed E-state index contributed by atoms with van der Waals surface area (Å²) in [6.07, 6.45) is -5.63. The molecule has 0 saturated heterocycles. The van der Waals surface area contributed by atoms with Gasteiger partial charge in [0.1, 0.15) is 12.4 Å². The summed E-state index contributed by atoms with van der Waals surface area (Å²) in [6, 6.07) is 6.59. The van der Waals surface area contributed by atoms with Gasteiger partial charge < -0.3 is 15.2 Å². The van der Waals surface area contributed by atoms with E-state index in [9.17, 15) is 27.6 Å². The maximum Gasteiger partial charge on any atom is 0.433 e. The molecule has 7 nitrogen and oxygen atoms in total. The molecule has 1 aliphatic heterocycles. The molecule has 142 valence electrons. The van der Waals surface area contributed by atoms with Crippen LogP contribution in [0.5, 0.6) is 0 Å². The van der Waals surface area contributed by atoms with E-state index >= 15 is 0 Å². The highest BCUT2D eigenvalue weighted by Crippen LogP contribution is 2.31. The fraction of sp³-hybridized carbons (Fsp3) is 0.294. The third-order valence-electron chi connectivity index (χ3n) is 4.06. The number of carbonyl (C=O) groups excluding carboxylic acids is 2. The number of alkyl halides is 3. The molecule has 27 heavy (non-hydrogen) atoms. The fourth-order valence-corrected chi connectivity index (χ4v) is 2.90. The first-order chi connectivity index (χ1) is 12.7. The molecule has 0 atom stereocenters. The number of halogens is 3. The monoisotopic (exact) mass is 380 g/mol. The standard InChI is InChI=1S/C17H15F3N4O3/c1-9-21-15(17(18,19)20)10(16(27)22-9)6-7-14(26)24-8-13(25)23-11-4-2-3-5-12(11)24/h2-5H,6-8H2,1H3,(H,23,25)(H,21,22,27). The Hall–Kier alpha value is -3.17. The Balaban J connectivity index is 1.85. The molecular formula is C17H15F3N4O3. The number of aromatic amines is 1. The van der Waals surface area contributed by atoms with E-state index in [-0.39, 0.29) is 18.8 Å². The van der Waals surface area contributed by atoms with Crippen LogP contribution in [-0.4, -0.2) is 28.3 Å². The average molecular weight is 380 g/mol. The van der Waals surface area contributed by atoms with Crippen LogP contribution in [0.15, 0.2) is 29.1 Å². The molecule has 10 heteroatoms. The minimum atomic E-state index is -4.81.